The Morgan fingerprint density at radius 3 is 2.61 bits per heavy atom. The molecule has 5 rings (SSSR count). The van der Waals surface area contributed by atoms with Crippen LogP contribution in [0.2, 0.25) is 5.02 Å². The van der Waals surface area contributed by atoms with Crippen LogP contribution >= 0.6 is 11.6 Å². The zero-order valence-corrected chi connectivity index (χ0v) is 21.5. The second-order valence-electron chi connectivity index (χ2n) is 8.86. The number of carbonyl (C=O) groups is 1. The van der Waals surface area contributed by atoms with Gasteiger partial charge >= 0.3 is 0 Å². The van der Waals surface area contributed by atoms with Crippen LogP contribution in [0.5, 0.6) is 0 Å². The number of carbonyl (C=O) groups excluding carboxylic acids is 1. The molecule has 0 bridgehead atoms. The molecule has 2 fully saturated rings. The van der Waals surface area contributed by atoms with Crippen LogP contribution in [-0.4, -0.2) is 64.8 Å². The highest BCUT2D eigenvalue weighted by atomic mass is 35.5. The Morgan fingerprint density at radius 2 is 2.00 bits per heavy atom. The fourth-order valence-corrected chi connectivity index (χ4v) is 4.37. The molecule has 1 atom stereocenters. The number of pyridine rings is 1. The highest BCUT2D eigenvalue weighted by molar-refractivity contribution is 6.30. The number of halogens is 2. The summed E-state index contributed by atoms with van der Waals surface area (Å²) in [6.45, 7) is 7.30. The number of ether oxygens (including phenoxy) is 1. The zero-order valence-electron chi connectivity index (χ0n) is 20.7. The van der Waals surface area contributed by atoms with Crippen LogP contribution in [0.4, 0.5) is 15.9 Å². The van der Waals surface area contributed by atoms with Gasteiger partial charge in [-0.1, -0.05) is 18.5 Å². The molecular formula is C26H30ClFN6O2. The minimum atomic E-state index is -0.457. The molecule has 190 valence electrons. The number of amides is 1. The maximum absolute atomic E-state index is 14.9. The number of rotatable bonds is 4. The molecule has 3 aromatic rings. The summed E-state index contributed by atoms with van der Waals surface area (Å²) in [5, 5.41) is 4.15. The van der Waals surface area contributed by atoms with Crippen LogP contribution in [0.3, 0.4) is 0 Å². The Labute approximate surface area is 215 Å². The largest absolute Gasteiger partial charge is 0.378 e. The first-order chi connectivity index (χ1) is 17.4. The number of amidine groups is 1. The number of likely N-dealkylation sites (tertiary alicyclic amines) is 1. The number of nitrogens with zero attached hydrogens (tertiary/aromatic N) is 6. The molecule has 1 unspecified atom stereocenters. The zero-order chi connectivity index (χ0) is 25.7. The lowest BCUT2D eigenvalue weighted by Crippen LogP contribution is -2.36. The predicted octanol–water partition coefficient (Wildman–Crippen LogP) is 4.63. The normalized spacial score (nSPS) is 18.8. The molecule has 2 aliphatic heterocycles. The summed E-state index contributed by atoms with van der Waals surface area (Å²) in [5.41, 5.74) is 2.22. The van der Waals surface area contributed by atoms with E-state index in [2.05, 4.69) is 10.00 Å². The molecule has 2 saturated heterocycles. The fraction of sp³-hybridized carbons (Fsp3) is 0.385. The molecular weight excluding hydrogens is 483 g/mol. The van der Waals surface area contributed by atoms with E-state index in [-0.39, 0.29) is 5.92 Å². The van der Waals surface area contributed by atoms with Crippen molar-refractivity contribution in [2.75, 3.05) is 37.7 Å². The van der Waals surface area contributed by atoms with E-state index in [0.29, 0.717) is 47.6 Å². The monoisotopic (exact) mass is 512 g/mol. The summed E-state index contributed by atoms with van der Waals surface area (Å²) >= 11 is 5.97. The molecule has 4 heterocycles. The summed E-state index contributed by atoms with van der Waals surface area (Å²) < 4.78 is 22.1. The Morgan fingerprint density at radius 1 is 1.22 bits per heavy atom. The molecule has 2 aromatic heterocycles. The van der Waals surface area contributed by atoms with Gasteiger partial charge in [0.05, 0.1) is 18.9 Å². The Bertz CT molecular complexity index is 1230. The van der Waals surface area contributed by atoms with Crippen LogP contribution in [0.25, 0.3) is 11.3 Å². The average Bonchev–Trinajstić information content (AvgIpc) is 3.49. The topological polar surface area (TPSA) is 75.8 Å². The third-order valence-electron chi connectivity index (χ3n) is 6.22. The smallest absolute Gasteiger partial charge is 0.215 e. The van der Waals surface area contributed by atoms with Gasteiger partial charge in [-0.3, -0.25) is 9.48 Å². The lowest BCUT2D eigenvalue weighted by molar-refractivity contribution is -0.114. The van der Waals surface area contributed by atoms with Crippen molar-refractivity contribution in [1.82, 2.24) is 19.7 Å². The SMILES string of the molecule is Cc1cc(N2CCOCC2)nc(-c2ccc(Cl)cc2F)c1N=C1C(C)CCN1C=O.Cn1cccn1. The molecule has 0 N–H and O–H groups in total. The van der Waals surface area contributed by atoms with Gasteiger partial charge in [0.2, 0.25) is 6.41 Å². The van der Waals surface area contributed by atoms with Gasteiger partial charge in [0.1, 0.15) is 23.2 Å². The second kappa shape index (κ2) is 11.6. The van der Waals surface area contributed by atoms with E-state index < -0.39 is 5.82 Å². The van der Waals surface area contributed by atoms with E-state index >= 15 is 0 Å². The predicted molar refractivity (Wildman–Crippen MR) is 139 cm³/mol. The van der Waals surface area contributed by atoms with Crippen molar-refractivity contribution in [3.8, 4) is 11.3 Å². The number of benzene rings is 1. The molecule has 1 amide bonds. The van der Waals surface area contributed by atoms with Crippen LogP contribution in [0.1, 0.15) is 18.9 Å². The van der Waals surface area contributed by atoms with Crippen LogP contribution in [0, 0.1) is 18.7 Å². The third-order valence-corrected chi connectivity index (χ3v) is 6.45. The number of aryl methyl sites for hydroxylation is 2. The maximum Gasteiger partial charge on any atom is 0.215 e. The molecule has 10 heteroatoms. The summed E-state index contributed by atoms with van der Waals surface area (Å²) in [6.07, 6.45) is 5.29. The number of morpholine rings is 1. The highest BCUT2D eigenvalue weighted by Crippen LogP contribution is 2.38. The van der Waals surface area contributed by atoms with E-state index in [1.807, 2.05) is 39.2 Å². The molecule has 0 aliphatic carbocycles. The first kappa shape index (κ1) is 25.8. The van der Waals surface area contributed by atoms with Gasteiger partial charge in [0, 0.05) is 55.6 Å². The van der Waals surface area contributed by atoms with Crippen molar-refractivity contribution in [1.29, 1.82) is 0 Å². The van der Waals surface area contributed by atoms with Gasteiger partial charge in [-0.15, -0.1) is 0 Å². The van der Waals surface area contributed by atoms with E-state index in [4.69, 9.17) is 26.3 Å². The van der Waals surface area contributed by atoms with Crippen LogP contribution < -0.4 is 4.90 Å². The van der Waals surface area contributed by atoms with Crippen molar-refractivity contribution in [2.24, 2.45) is 18.0 Å². The first-order valence-electron chi connectivity index (χ1n) is 11.9. The van der Waals surface area contributed by atoms with Crippen molar-refractivity contribution in [3.63, 3.8) is 0 Å². The van der Waals surface area contributed by atoms with E-state index in [1.54, 1.807) is 27.9 Å². The Hall–Kier alpha value is -3.30. The number of hydrogen-bond acceptors (Lipinski definition) is 6. The molecule has 0 saturated carbocycles. The van der Waals surface area contributed by atoms with Gasteiger partial charge < -0.3 is 14.5 Å². The number of hydrogen-bond donors (Lipinski definition) is 0. The van der Waals surface area contributed by atoms with Gasteiger partial charge in [-0.2, -0.15) is 5.10 Å². The minimum absolute atomic E-state index is 0.136. The van der Waals surface area contributed by atoms with Gasteiger partial charge in [0.25, 0.3) is 0 Å². The lowest BCUT2D eigenvalue weighted by atomic mass is 10.0. The summed E-state index contributed by atoms with van der Waals surface area (Å²) in [5.74, 6) is 1.12. The van der Waals surface area contributed by atoms with E-state index in [0.717, 1.165) is 37.3 Å². The highest BCUT2D eigenvalue weighted by Gasteiger charge is 2.27. The number of aromatic nitrogens is 3. The first-order valence-corrected chi connectivity index (χ1v) is 12.3. The molecule has 1 aromatic carbocycles. The van der Waals surface area contributed by atoms with Gasteiger partial charge in [-0.25, -0.2) is 14.4 Å². The van der Waals surface area contributed by atoms with Crippen LogP contribution in [-0.2, 0) is 16.6 Å². The Kier molecular flexibility index (Phi) is 8.32. The molecule has 0 spiro atoms. The minimum Gasteiger partial charge on any atom is -0.378 e. The van der Waals surface area contributed by atoms with Crippen molar-refractivity contribution in [3.05, 3.63) is 59.1 Å². The van der Waals surface area contributed by atoms with E-state index in [1.165, 1.54) is 6.07 Å². The molecule has 36 heavy (non-hydrogen) atoms. The van der Waals surface area contributed by atoms with Crippen LogP contribution in [0.15, 0.2) is 47.7 Å². The summed E-state index contributed by atoms with van der Waals surface area (Å²) in [4.78, 5) is 24.9. The van der Waals surface area contributed by atoms with Crippen molar-refractivity contribution < 1.29 is 13.9 Å². The summed E-state index contributed by atoms with van der Waals surface area (Å²) in [7, 11) is 1.89. The number of anilines is 1. The average molecular weight is 513 g/mol. The Balaban J connectivity index is 0.000000445. The van der Waals surface area contributed by atoms with Crippen molar-refractivity contribution in [2.45, 2.75) is 20.3 Å². The third kappa shape index (κ3) is 5.91. The van der Waals surface area contributed by atoms with Crippen molar-refractivity contribution >= 4 is 35.4 Å². The molecule has 0 radical (unpaired) electrons. The quantitative estimate of drug-likeness (QED) is 0.476. The second-order valence-corrected chi connectivity index (χ2v) is 9.29. The molecule has 8 nitrogen and oxygen atoms in total. The van der Waals surface area contributed by atoms with E-state index in [9.17, 15) is 9.18 Å². The number of aliphatic imine (C=N–C) groups is 1. The fourth-order valence-electron chi connectivity index (χ4n) is 4.21. The summed E-state index contributed by atoms with van der Waals surface area (Å²) in [6, 6.07) is 8.40. The van der Waals surface area contributed by atoms with Gasteiger partial charge in [-0.05, 0) is 49.2 Å². The van der Waals surface area contributed by atoms with Gasteiger partial charge in [0.15, 0.2) is 0 Å². The lowest BCUT2D eigenvalue weighted by Gasteiger charge is -2.29. The molecule has 2 aliphatic rings. The maximum atomic E-state index is 14.9. The standard InChI is InChI=1S/C22H24ClFN4O2.C4H6N2/c1-14-5-6-28(13-29)22(14)26-20-15(2)11-19(27-7-9-30-10-8-27)25-21(20)17-4-3-16(23)12-18(17)24;1-6-4-2-3-5-6/h3-4,11-14H,5-10H2,1-2H3;2-4H,1H3.